The maximum absolute atomic E-state index is 0. The van der Waals surface area contributed by atoms with Crippen LogP contribution < -0.4 is 0 Å². The van der Waals surface area contributed by atoms with E-state index in [0.717, 1.165) is 0 Å². The van der Waals surface area contributed by atoms with Crippen LogP contribution in [0.2, 0.25) is 0 Å². The van der Waals surface area contributed by atoms with Gasteiger partial charge in [0.25, 0.3) is 0 Å². The van der Waals surface area contributed by atoms with Crippen LogP contribution in [0.5, 0.6) is 0 Å². The Morgan fingerprint density at radius 1 is 0.556 bits per heavy atom. The van der Waals surface area contributed by atoms with E-state index in [4.69, 9.17) is 0 Å². The molecule has 0 N–H and O–H groups in total. The summed E-state index contributed by atoms with van der Waals surface area (Å²) in [6.45, 7) is 0. The van der Waals surface area contributed by atoms with E-state index in [1.54, 1.807) is 0 Å². The fourth-order valence-corrected chi connectivity index (χ4v) is 0. The van der Waals surface area contributed by atoms with Crippen LogP contribution in [-0.4, -0.2) is 46.1 Å². The molecule has 40 valence electrons. The van der Waals surface area contributed by atoms with Crippen molar-refractivity contribution in [1.82, 2.24) is 0 Å². The molecule has 0 saturated carbocycles. The number of hydrogen-bond acceptors (Lipinski definition) is 0. The third-order valence-electron chi connectivity index (χ3n) is 0. The van der Waals surface area contributed by atoms with E-state index in [-0.39, 0.29) is 177 Å². The molecule has 0 aliphatic heterocycles. The molecular formula is H4Mg2O3Ti2Y2. The van der Waals surface area contributed by atoms with E-state index in [9.17, 15) is 0 Å². The van der Waals surface area contributed by atoms with E-state index < -0.39 is 0 Å². The third kappa shape index (κ3) is 62.5. The summed E-state index contributed by atoms with van der Waals surface area (Å²) in [7, 11) is 0. The molecule has 0 aromatic rings. The second-order valence-electron chi connectivity index (χ2n) is 0. The zero-order valence-electron chi connectivity index (χ0n) is 8.79. The first-order chi connectivity index (χ1) is 0. The molecule has 9 heavy (non-hydrogen) atoms. The van der Waals surface area contributed by atoms with E-state index in [2.05, 4.69) is 0 Å². The standard InChI is InChI=1S/2Mg.3O.2Ti.2Y.4H/q2*+2;3*-2;;;2*+3;4*-1. The smallest absolute Gasteiger partial charge is 2.00 e. The summed E-state index contributed by atoms with van der Waals surface area (Å²) in [6, 6.07) is 0. The van der Waals surface area contributed by atoms with Gasteiger partial charge in [0.05, 0.1) is 0 Å². The summed E-state index contributed by atoms with van der Waals surface area (Å²) in [5.41, 5.74) is 0. The zero-order valence-corrected chi connectivity index (χ0v) is 16.4. The molecule has 0 aromatic carbocycles. The SMILES string of the molecule is [H-].[H-].[H-].[H-].[Mg+2].[Mg+2].[O-2].[O-2].[O-2].[Ti].[Ti].[Y+3].[Y+3]. The van der Waals surface area contributed by atoms with Crippen molar-refractivity contribution in [3.63, 3.8) is 0 Å². The largest absolute Gasteiger partial charge is 3.00 e. The van der Waals surface area contributed by atoms with Crippen molar-refractivity contribution >= 4 is 46.1 Å². The molecule has 0 aromatic heterocycles. The molecule has 0 unspecified atom stereocenters. The van der Waals surface area contributed by atoms with Crippen LogP contribution in [0.4, 0.5) is 0 Å². The number of rotatable bonds is 0. The van der Waals surface area contributed by atoms with Gasteiger partial charge in [-0.05, 0) is 0 Å². The molecule has 9 heteroatoms. The second kappa shape index (κ2) is 74.3. The van der Waals surface area contributed by atoms with Crippen LogP contribution in [-0.2, 0) is 125 Å². The minimum Gasteiger partial charge on any atom is -2.00 e. The van der Waals surface area contributed by atoms with Gasteiger partial charge in [0, 0.05) is 43.4 Å². The van der Waals surface area contributed by atoms with Crippen LogP contribution in [0.15, 0.2) is 0 Å². The molecule has 0 radical (unpaired) electrons. The van der Waals surface area contributed by atoms with Crippen molar-refractivity contribution < 1.29 is 131 Å². The van der Waals surface area contributed by atoms with Crippen molar-refractivity contribution in [2.75, 3.05) is 0 Å². The Morgan fingerprint density at radius 3 is 0.556 bits per heavy atom. The summed E-state index contributed by atoms with van der Waals surface area (Å²) in [5.74, 6) is 0. The van der Waals surface area contributed by atoms with Gasteiger partial charge >= 0.3 is 112 Å². The van der Waals surface area contributed by atoms with Crippen LogP contribution in [0.3, 0.4) is 0 Å². The molecule has 0 aliphatic carbocycles. The molecule has 0 bridgehead atoms. The average Bonchev–Trinajstić information content (AvgIpc) is 0. The summed E-state index contributed by atoms with van der Waals surface area (Å²) in [4.78, 5) is 0. The van der Waals surface area contributed by atoms with Gasteiger partial charge in [-0.2, -0.15) is 0 Å². The molecule has 0 aliphatic rings. The summed E-state index contributed by atoms with van der Waals surface area (Å²) >= 11 is 0. The second-order valence-corrected chi connectivity index (χ2v) is 0. The maximum atomic E-state index is 0. The quantitative estimate of drug-likeness (QED) is 0.504. The Labute approximate surface area is 173 Å². The normalized spacial score (nSPS) is 0. The molecule has 0 rings (SSSR count). The van der Waals surface area contributed by atoms with Gasteiger partial charge < -0.3 is 22.1 Å². The van der Waals surface area contributed by atoms with Gasteiger partial charge in [-0.25, -0.2) is 0 Å². The Hall–Kier alpha value is 5.05. The molecule has 0 atom stereocenters. The Bertz CT molecular complexity index is 29.4. The van der Waals surface area contributed by atoms with Crippen LogP contribution in [0.25, 0.3) is 0 Å². The van der Waals surface area contributed by atoms with Crippen molar-refractivity contribution in [3.8, 4) is 0 Å². The van der Waals surface area contributed by atoms with Crippen molar-refractivity contribution in [1.29, 1.82) is 0 Å². The predicted octanol–water partition coefficient (Wildman–Crippen LogP) is -0.678. The monoisotopic (exact) mass is 374 g/mol. The fraction of sp³-hybridized carbons (Fsp3) is 0. The van der Waals surface area contributed by atoms with Gasteiger partial charge in [0.1, 0.15) is 0 Å². The summed E-state index contributed by atoms with van der Waals surface area (Å²) in [6.07, 6.45) is 0. The Morgan fingerprint density at radius 2 is 0.556 bits per heavy atom. The van der Waals surface area contributed by atoms with E-state index in [1.165, 1.54) is 0 Å². The van der Waals surface area contributed by atoms with Gasteiger partial charge in [0.15, 0.2) is 0 Å². The topological polar surface area (TPSA) is 85.5 Å². The summed E-state index contributed by atoms with van der Waals surface area (Å²) < 4.78 is 0. The molecule has 0 spiro atoms. The van der Waals surface area contributed by atoms with Crippen molar-refractivity contribution in [2.45, 2.75) is 0 Å². The molecule has 0 saturated heterocycles. The number of hydrogen-bond donors (Lipinski definition) is 0. The first-order valence-electron chi connectivity index (χ1n) is 0. The van der Waals surface area contributed by atoms with Crippen LogP contribution in [0.1, 0.15) is 5.71 Å². The molecule has 0 fully saturated rings. The van der Waals surface area contributed by atoms with Gasteiger partial charge in [-0.15, -0.1) is 0 Å². The molecule has 0 amide bonds. The average molecular weight is 374 g/mol. The minimum atomic E-state index is 0. The first kappa shape index (κ1) is 93.8. The van der Waals surface area contributed by atoms with Crippen molar-refractivity contribution in [3.05, 3.63) is 0 Å². The first-order valence-corrected chi connectivity index (χ1v) is 0. The van der Waals surface area contributed by atoms with E-state index in [0.29, 0.717) is 0 Å². The van der Waals surface area contributed by atoms with Gasteiger partial charge in [-0.3, -0.25) is 0 Å². The van der Waals surface area contributed by atoms with E-state index in [1.807, 2.05) is 0 Å². The van der Waals surface area contributed by atoms with E-state index >= 15 is 0 Å². The predicted molar refractivity (Wildman–Crippen MR) is 18.0 cm³/mol. The molecular weight excluding hydrogens is 370 g/mol. The fourth-order valence-electron chi connectivity index (χ4n) is 0. The van der Waals surface area contributed by atoms with Gasteiger partial charge in [0.2, 0.25) is 0 Å². The molecule has 0 heterocycles. The van der Waals surface area contributed by atoms with Crippen molar-refractivity contribution in [2.24, 2.45) is 0 Å². The van der Waals surface area contributed by atoms with Crippen LogP contribution in [0, 0.1) is 0 Å². The van der Waals surface area contributed by atoms with Crippen LogP contribution >= 0.6 is 0 Å². The minimum absolute atomic E-state index is 0. The zero-order chi connectivity index (χ0) is 0. The maximum Gasteiger partial charge on any atom is 3.00 e. The third-order valence-corrected chi connectivity index (χ3v) is 0. The molecule has 3 nitrogen and oxygen atoms in total. The van der Waals surface area contributed by atoms with Gasteiger partial charge in [-0.1, -0.05) is 0 Å². The Balaban J connectivity index is 0. The summed E-state index contributed by atoms with van der Waals surface area (Å²) in [5, 5.41) is 0. The Kier molecular flexibility index (Phi) is 775.